The highest BCUT2D eigenvalue weighted by atomic mass is 79.9. The van der Waals surface area contributed by atoms with Crippen molar-refractivity contribution in [2.24, 2.45) is 10.2 Å². The van der Waals surface area contributed by atoms with Crippen molar-refractivity contribution >= 4 is 31.9 Å². The van der Waals surface area contributed by atoms with Gasteiger partial charge in [0.1, 0.15) is 0 Å². The highest BCUT2D eigenvalue weighted by molar-refractivity contribution is 9.10. The number of piperazine rings is 1. The molecule has 0 radical (unpaired) electrons. The number of rotatable bonds is 3. The van der Waals surface area contributed by atoms with Crippen LogP contribution in [0.15, 0.2) is 55.6 Å². The zero-order valence-corrected chi connectivity index (χ0v) is 15.8. The van der Waals surface area contributed by atoms with E-state index in [1.807, 2.05) is 0 Å². The Morgan fingerprint density at radius 1 is 1.20 bits per heavy atom. The van der Waals surface area contributed by atoms with E-state index in [1.165, 1.54) is 6.20 Å². The number of hydrogen-bond acceptors (Lipinski definition) is 5. The molecule has 2 saturated heterocycles. The van der Waals surface area contributed by atoms with Gasteiger partial charge in [0.2, 0.25) is 10.0 Å². The van der Waals surface area contributed by atoms with E-state index in [0.29, 0.717) is 25.2 Å². The Morgan fingerprint density at radius 2 is 1.92 bits per heavy atom. The Morgan fingerprint density at radius 3 is 2.52 bits per heavy atom. The molecule has 0 saturated carbocycles. The third-order valence-corrected chi connectivity index (χ3v) is 7.38. The molecule has 2 bridgehead atoms. The summed E-state index contributed by atoms with van der Waals surface area (Å²) in [6.07, 6.45) is 3.04. The Hall–Kier alpha value is -1.58. The number of likely N-dealkylation sites (tertiary alicyclic amines) is 1. The van der Waals surface area contributed by atoms with Crippen molar-refractivity contribution in [3.8, 4) is 0 Å². The Labute approximate surface area is 154 Å². The third kappa shape index (κ3) is 2.94. The van der Waals surface area contributed by atoms with Crippen LogP contribution in [-0.2, 0) is 14.8 Å². The number of nitrogens with zero attached hydrogens (tertiary/aromatic N) is 4. The lowest BCUT2D eigenvalue weighted by molar-refractivity contribution is -0.129. The third-order valence-electron chi connectivity index (χ3n) is 4.88. The predicted molar refractivity (Wildman–Crippen MR) is 94.4 cm³/mol. The second kappa shape index (κ2) is 6.30. The summed E-state index contributed by atoms with van der Waals surface area (Å²) >= 11 is 3.33. The first kappa shape index (κ1) is 16.9. The van der Waals surface area contributed by atoms with Crippen molar-refractivity contribution in [3.05, 3.63) is 40.5 Å². The number of fused-ring (bicyclic) bond motifs is 2. The van der Waals surface area contributed by atoms with Crippen molar-refractivity contribution < 1.29 is 13.2 Å². The van der Waals surface area contributed by atoms with Crippen molar-refractivity contribution in [1.29, 1.82) is 0 Å². The minimum atomic E-state index is -3.57. The van der Waals surface area contributed by atoms with Crippen molar-refractivity contribution in [1.82, 2.24) is 9.21 Å². The zero-order valence-electron chi connectivity index (χ0n) is 13.4. The molecular weight excluding hydrogens is 408 g/mol. The van der Waals surface area contributed by atoms with Crippen LogP contribution in [0.4, 0.5) is 0 Å². The summed E-state index contributed by atoms with van der Waals surface area (Å²) in [5.74, 6) is -0.0820. The monoisotopic (exact) mass is 424 g/mol. The largest absolute Gasteiger partial charge is 0.336 e. The van der Waals surface area contributed by atoms with E-state index in [4.69, 9.17) is 0 Å². The molecule has 132 valence electrons. The number of benzene rings is 1. The molecule has 3 aliphatic rings. The summed E-state index contributed by atoms with van der Waals surface area (Å²) in [4.78, 5) is 14.6. The Kier molecular flexibility index (Phi) is 4.25. The maximum absolute atomic E-state index is 13.1. The number of halogens is 1. The molecule has 1 amide bonds. The first-order chi connectivity index (χ1) is 12.0. The molecule has 2 atom stereocenters. The predicted octanol–water partition coefficient (Wildman–Crippen LogP) is 2.16. The first-order valence-electron chi connectivity index (χ1n) is 8.11. The quantitative estimate of drug-likeness (QED) is 0.744. The topological polar surface area (TPSA) is 82.4 Å². The fourth-order valence-electron chi connectivity index (χ4n) is 3.77. The summed E-state index contributed by atoms with van der Waals surface area (Å²) < 4.78 is 28.5. The van der Waals surface area contributed by atoms with Crippen molar-refractivity contribution in [2.45, 2.75) is 29.8 Å². The molecule has 0 N–H and O–H groups in total. The maximum Gasteiger partial charge on any atom is 0.253 e. The van der Waals surface area contributed by atoms with Crippen LogP contribution in [-0.4, -0.2) is 55.2 Å². The van der Waals surface area contributed by atoms with E-state index in [-0.39, 0.29) is 22.9 Å². The number of sulfonamides is 1. The van der Waals surface area contributed by atoms with Crippen LogP contribution in [0.5, 0.6) is 0 Å². The second-order valence-corrected chi connectivity index (χ2v) is 9.22. The molecule has 25 heavy (non-hydrogen) atoms. The molecule has 2 fully saturated rings. The maximum atomic E-state index is 13.1. The molecule has 0 aliphatic carbocycles. The van der Waals surface area contributed by atoms with Crippen LogP contribution in [0.3, 0.4) is 0 Å². The van der Waals surface area contributed by atoms with Gasteiger partial charge in [-0.05, 0) is 31.0 Å². The van der Waals surface area contributed by atoms with Crippen LogP contribution in [0, 0.1) is 0 Å². The number of hydrogen-bond donors (Lipinski definition) is 0. The van der Waals surface area contributed by atoms with Gasteiger partial charge in [0.15, 0.2) is 0 Å². The van der Waals surface area contributed by atoms with Gasteiger partial charge in [0, 0.05) is 29.6 Å². The molecule has 3 aliphatic heterocycles. The minimum absolute atomic E-state index is 0.0820. The first-order valence-corrected chi connectivity index (χ1v) is 10.3. The highest BCUT2D eigenvalue weighted by Crippen LogP contribution is 2.36. The molecule has 4 rings (SSSR count). The Balaban J connectivity index is 1.57. The minimum Gasteiger partial charge on any atom is -0.336 e. The average molecular weight is 425 g/mol. The van der Waals surface area contributed by atoms with Crippen LogP contribution in [0.1, 0.15) is 12.8 Å². The van der Waals surface area contributed by atoms with Gasteiger partial charge >= 0.3 is 0 Å². The van der Waals surface area contributed by atoms with E-state index < -0.39 is 10.0 Å². The second-order valence-electron chi connectivity index (χ2n) is 6.46. The summed E-state index contributed by atoms with van der Waals surface area (Å²) in [6, 6.07) is 6.40. The lowest BCUT2D eigenvalue weighted by atomic mass is 10.2. The average Bonchev–Trinajstić information content (AvgIpc) is 3.21. The Bertz CT molecular complexity index is 869. The SMILES string of the molecule is O=C(C1=CN=NC1)N1CC2CCC(C1)N2S(=O)(=O)c1cccc(Br)c1. The number of amides is 1. The van der Waals surface area contributed by atoms with Crippen LogP contribution >= 0.6 is 15.9 Å². The molecule has 1 aromatic carbocycles. The lowest BCUT2D eigenvalue weighted by Gasteiger charge is -2.40. The number of carbonyl (C=O) groups excluding carboxylic acids is 1. The molecule has 0 aromatic heterocycles. The molecule has 7 nitrogen and oxygen atoms in total. The summed E-state index contributed by atoms with van der Waals surface area (Å²) in [7, 11) is -3.57. The van der Waals surface area contributed by atoms with Gasteiger partial charge in [0.05, 0.1) is 23.2 Å². The van der Waals surface area contributed by atoms with Gasteiger partial charge in [-0.15, -0.1) is 0 Å². The standard InChI is InChI=1S/C16H17BrN4O3S/c17-12-2-1-3-15(6-12)25(23,24)21-13-4-5-14(21)10-20(9-13)16(22)11-7-18-19-8-11/h1-3,6-7,13-14H,4-5,8-10H2. The lowest BCUT2D eigenvalue weighted by Crippen LogP contribution is -2.57. The highest BCUT2D eigenvalue weighted by Gasteiger charge is 2.48. The van der Waals surface area contributed by atoms with Gasteiger partial charge in [-0.2, -0.15) is 14.5 Å². The van der Waals surface area contributed by atoms with E-state index >= 15 is 0 Å². The van der Waals surface area contributed by atoms with Gasteiger partial charge < -0.3 is 4.90 Å². The molecule has 2 unspecified atom stereocenters. The zero-order chi connectivity index (χ0) is 17.6. The van der Waals surface area contributed by atoms with Gasteiger partial charge in [-0.1, -0.05) is 22.0 Å². The summed E-state index contributed by atoms with van der Waals surface area (Å²) in [5, 5.41) is 7.55. The molecule has 0 spiro atoms. The van der Waals surface area contributed by atoms with E-state index in [1.54, 1.807) is 33.5 Å². The number of carbonyl (C=O) groups is 1. The van der Waals surface area contributed by atoms with Gasteiger partial charge in [-0.25, -0.2) is 8.42 Å². The summed E-state index contributed by atoms with van der Waals surface area (Å²) in [6.45, 7) is 1.14. The molecule has 1 aromatic rings. The molecule has 9 heteroatoms. The van der Waals surface area contributed by atoms with Gasteiger partial charge in [-0.3, -0.25) is 4.79 Å². The van der Waals surface area contributed by atoms with Crippen LogP contribution in [0.25, 0.3) is 0 Å². The summed E-state index contributed by atoms with van der Waals surface area (Å²) in [5.41, 5.74) is 0.572. The fraction of sp³-hybridized carbons (Fsp3) is 0.438. The molecular formula is C16H17BrN4O3S. The van der Waals surface area contributed by atoms with Crippen molar-refractivity contribution in [3.63, 3.8) is 0 Å². The van der Waals surface area contributed by atoms with Crippen LogP contribution < -0.4 is 0 Å². The smallest absolute Gasteiger partial charge is 0.253 e. The number of azo groups is 1. The van der Waals surface area contributed by atoms with Crippen molar-refractivity contribution in [2.75, 3.05) is 19.6 Å². The van der Waals surface area contributed by atoms with E-state index in [9.17, 15) is 13.2 Å². The normalized spacial score (nSPS) is 26.1. The van der Waals surface area contributed by atoms with E-state index in [0.717, 1.165) is 17.3 Å². The van der Waals surface area contributed by atoms with E-state index in [2.05, 4.69) is 26.2 Å². The van der Waals surface area contributed by atoms with Gasteiger partial charge in [0.25, 0.3) is 5.91 Å². The fourth-order valence-corrected chi connectivity index (χ4v) is 6.22. The molecule has 3 heterocycles. The van der Waals surface area contributed by atoms with Crippen LogP contribution in [0.2, 0.25) is 0 Å².